The fourth-order valence-corrected chi connectivity index (χ4v) is 3.26. The summed E-state index contributed by atoms with van der Waals surface area (Å²) in [6.45, 7) is 3.93. The Labute approximate surface area is 144 Å². The van der Waals surface area contributed by atoms with Crippen molar-refractivity contribution in [2.45, 2.75) is 13.8 Å². The standard InChI is InChI=1S/C18H16ClN3S/c1-12-7-6-10-15(19)17(12)22-21-13(2)16-11-23-18(20-16)14-8-4-3-5-9-14/h3-11,22H,1-2H3. The number of rotatable bonds is 4. The minimum absolute atomic E-state index is 0.657. The van der Waals surface area contributed by atoms with E-state index in [0.717, 1.165) is 33.2 Å². The summed E-state index contributed by atoms with van der Waals surface area (Å²) >= 11 is 7.81. The Balaban J connectivity index is 1.81. The van der Waals surface area contributed by atoms with Crippen LogP contribution in [0.25, 0.3) is 10.6 Å². The maximum absolute atomic E-state index is 6.20. The SMILES string of the molecule is CC(=NNc1c(C)cccc1Cl)c1csc(-c2ccccc2)n1. The number of hydrazone groups is 1. The Kier molecular flexibility index (Phi) is 4.74. The minimum Gasteiger partial charge on any atom is -0.276 e. The number of hydrogen-bond acceptors (Lipinski definition) is 4. The molecule has 3 aromatic rings. The molecule has 116 valence electrons. The molecule has 3 rings (SSSR count). The predicted octanol–water partition coefficient (Wildman–Crippen LogP) is 5.61. The fraction of sp³-hybridized carbons (Fsp3) is 0.111. The van der Waals surface area contributed by atoms with Crippen molar-refractivity contribution in [1.82, 2.24) is 4.98 Å². The van der Waals surface area contributed by atoms with E-state index in [1.807, 2.05) is 55.6 Å². The van der Waals surface area contributed by atoms with Crippen molar-refractivity contribution in [3.05, 3.63) is 70.2 Å². The van der Waals surface area contributed by atoms with E-state index >= 15 is 0 Å². The molecule has 0 bridgehead atoms. The third-order valence-corrected chi connectivity index (χ3v) is 4.66. The molecule has 0 spiro atoms. The van der Waals surface area contributed by atoms with Gasteiger partial charge in [0.05, 0.1) is 22.1 Å². The molecule has 1 N–H and O–H groups in total. The van der Waals surface area contributed by atoms with Crippen LogP contribution in [0.4, 0.5) is 5.69 Å². The summed E-state index contributed by atoms with van der Waals surface area (Å²) in [4.78, 5) is 4.65. The zero-order chi connectivity index (χ0) is 16.2. The van der Waals surface area contributed by atoms with Crippen molar-refractivity contribution in [3.63, 3.8) is 0 Å². The first-order valence-corrected chi connectivity index (χ1v) is 8.47. The van der Waals surface area contributed by atoms with Gasteiger partial charge in [-0.3, -0.25) is 5.43 Å². The molecule has 5 heteroatoms. The van der Waals surface area contributed by atoms with Gasteiger partial charge in [-0.1, -0.05) is 54.1 Å². The van der Waals surface area contributed by atoms with Gasteiger partial charge in [-0.05, 0) is 25.5 Å². The zero-order valence-corrected chi connectivity index (χ0v) is 14.4. The molecule has 0 saturated carbocycles. The van der Waals surface area contributed by atoms with Gasteiger partial charge in [0, 0.05) is 10.9 Å². The number of aryl methyl sites for hydroxylation is 1. The van der Waals surface area contributed by atoms with Crippen molar-refractivity contribution in [1.29, 1.82) is 0 Å². The van der Waals surface area contributed by atoms with Gasteiger partial charge < -0.3 is 0 Å². The largest absolute Gasteiger partial charge is 0.276 e. The molecule has 0 unspecified atom stereocenters. The second-order valence-electron chi connectivity index (χ2n) is 5.14. The molecule has 1 aromatic heterocycles. The average molecular weight is 342 g/mol. The Morgan fingerprint density at radius 2 is 1.91 bits per heavy atom. The lowest BCUT2D eigenvalue weighted by Gasteiger charge is -2.07. The van der Waals surface area contributed by atoms with Gasteiger partial charge in [-0.25, -0.2) is 4.98 Å². The topological polar surface area (TPSA) is 37.3 Å². The second kappa shape index (κ2) is 6.94. The van der Waals surface area contributed by atoms with Crippen LogP contribution < -0.4 is 5.43 Å². The summed E-state index contributed by atoms with van der Waals surface area (Å²) in [5, 5.41) is 8.08. The number of para-hydroxylation sites is 1. The fourth-order valence-electron chi connectivity index (χ4n) is 2.12. The van der Waals surface area contributed by atoms with E-state index in [1.165, 1.54) is 0 Å². The number of thiazole rings is 1. The van der Waals surface area contributed by atoms with Gasteiger partial charge in [-0.2, -0.15) is 5.10 Å². The first kappa shape index (κ1) is 15.7. The highest BCUT2D eigenvalue weighted by Gasteiger charge is 2.07. The third-order valence-electron chi connectivity index (χ3n) is 3.45. The number of hydrogen-bond donors (Lipinski definition) is 1. The molecule has 0 aliphatic carbocycles. The van der Waals surface area contributed by atoms with Gasteiger partial charge in [0.25, 0.3) is 0 Å². The van der Waals surface area contributed by atoms with Crippen molar-refractivity contribution in [3.8, 4) is 10.6 Å². The van der Waals surface area contributed by atoms with Crippen LogP contribution in [-0.2, 0) is 0 Å². The quantitative estimate of drug-likeness (QED) is 0.494. The van der Waals surface area contributed by atoms with E-state index in [1.54, 1.807) is 11.3 Å². The summed E-state index contributed by atoms with van der Waals surface area (Å²) in [5.74, 6) is 0. The normalized spacial score (nSPS) is 11.5. The molecule has 0 amide bonds. The molecular weight excluding hydrogens is 326 g/mol. The van der Waals surface area contributed by atoms with Crippen LogP contribution in [0.3, 0.4) is 0 Å². The van der Waals surface area contributed by atoms with Crippen LogP contribution in [-0.4, -0.2) is 10.7 Å². The van der Waals surface area contributed by atoms with Crippen LogP contribution in [0.1, 0.15) is 18.2 Å². The summed E-state index contributed by atoms with van der Waals surface area (Å²) < 4.78 is 0. The highest BCUT2D eigenvalue weighted by atomic mass is 35.5. The highest BCUT2D eigenvalue weighted by Crippen LogP contribution is 2.26. The van der Waals surface area contributed by atoms with Crippen molar-refractivity contribution in [2.75, 3.05) is 5.43 Å². The van der Waals surface area contributed by atoms with Gasteiger partial charge in [0.2, 0.25) is 0 Å². The number of nitrogens with one attached hydrogen (secondary N) is 1. The lowest BCUT2D eigenvalue weighted by Crippen LogP contribution is -2.01. The average Bonchev–Trinajstić information content (AvgIpc) is 3.05. The van der Waals surface area contributed by atoms with E-state index < -0.39 is 0 Å². The maximum Gasteiger partial charge on any atom is 0.124 e. The Morgan fingerprint density at radius 3 is 2.65 bits per heavy atom. The Morgan fingerprint density at radius 1 is 1.13 bits per heavy atom. The molecule has 0 atom stereocenters. The zero-order valence-electron chi connectivity index (χ0n) is 12.9. The van der Waals surface area contributed by atoms with Gasteiger partial charge in [0.15, 0.2) is 0 Å². The van der Waals surface area contributed by atoms with E-state index in [2.05, 4.69) is 27.6 Å². The molecule has 0 saturated heterocycles. The number of benzene rings is 2. The number of halogens is 1. The highest BCUT2D eigenvalue weighted by molar-refractivity contribution is 7.13. The van der Waals surface area contributed by atoms with E-state index in [4.69, 9.17) is 11.6 Å². The molecule has 3 nitrogen and oxygen atoms in total. The molecular formula is C18H16ClN3S. The van der Waals surface area contributed by atoms with Crippen LogP contribution in [0.15, 0.2) is 59.0 Å². The van der Waals surface area contributed by atoms with Crippen LogP contribution in [0, 0.1) is 6.92 Å². The van der Waals surface area contributed by atoms with E-state index in [0.29, 0.717) is 5.02 Å². The van der Waals surface area contributed by atoms with Crippen LogP contribution in [0.5, 0.6) is 0 Å². The molecule has 2 aromatic carbocycles. The molecule has 0 aliphatic rings. The monoisotopic (exact) mass is 341 g/mol. The lowest BCUT2D eigenvalue weighted by atomic mass is 10.2. The second-order valence-corrected chi connectivity index (χ2v) is 6.41. The molecule has 0 aliphatic heterocycles. The molecule has 1 heterocycles. The number of aromatic nitrogens is 1. The summed E-state index contributed by atoms with van der Waals surface area (Å²) in [7, 11) is 0. The summed E-state index contributed by atoms with van der Waals surface area (Å²) in [5.41, 5.74) is 7.73. The Bertz CT molecular complexity index is 820. The van der Waals surface area contributed by atoms with E-state index in [-0.39, 0.29) is 0 Å². The third kappa shape index (κ3) is 3.60. The lowest BCUT2D eigenvalue weighted by molar-refractivity contribution is 1.27. The first-order valence-electron chi connectivity index (χ1n) is 7.22. The van der Waals surface area contributed by atoms with Gasteiger partial charge >= 0.3 is 0 Å². The number of anilines is 1. The molecule has 0 radical (unpaired) electrons. The first-order chi connectivity index (χ1) is 11.1. The predicted molar refractivity (Wildman–Crippen MR) is 99.6 cm³/mol. The molecule has 0 fully saturated rings. The van der Waals surface area contributed by atoms with Gasteiger partial charge in [-0.15, -0.1) is 11.3 Å². The summed E-state index contributed by atoms with van der Waals surface area (Å²) in [6.07, 6.45) is 0. The van der Waals surface area contributed by atoms with Gasteiger partial charge in [0.1, 0.15) is 5.01 Å². The van der Waals surface area contributed by atoms with Crippen molar-refractivity contribution >= 4 is 34.3 Å². The minimum atomic E-state index is 0.657. The smallest absolute Gasteiger partial charge is 0.124 e. The van der Waals surface area contributed by atoms with Crippen molar-refractivity contribution in [2.24, 2.45) is 5.10 Å². The number of nitrogens with zero attached hydrogens (tertiary/aromatic N) is 2. The summed E-state index contributed by atoms with van der Waals surface area (Å²) in [6, 6.07) is 15.9. The van der Waals surface area contributed by atoms with Crippen LogP contribution >= 0.6 is 22.9 Å². The maximum atomic E-state index is 6.20. The van der Waals surface area contributed by atoms with Crippen molar-refractivity contribution < 1.29 is 0 Å². The van der Waals surface area contributed by atoms with E-state index in [9.17, 15) is 0 Å². The molecule has 23 heavy (non-hydrogen) atoms. The Hall–Kier alpha value is -2.17. The van der Waals surface area contributed by atoms with Crippen LogP contribution in [0.2, 0.25) is 5.02 Å².